The van der Waals surface area contributed by atoms with Crippen molar-refractivity contribution in [2.75, 3.05) is 6.61 Å². The number of hydrogen-bond donors (Lipinski definition) is 4. The van der Waals surface area contributed by atoms with Gasteiger partial charge in [0.1, 0.15) is 0 Å². The lowest BCUT2D eigenvalue weighted by Gasteiger charge is -2.21. The lowest BCUT2D eigenvalue weighted by Crippen LogP contribution is -2.45. The Kier molecular flexibility index (Phi) is 47.0. The van der Waals surface area contributed by atoms with Crippen LogP contribution in [0.25, 0.3) is 0 Å². The fourth-order valence-corrected chi connectivity index (χ4v) is 7.95. The molecule has 5 nitrogen and oxygen atoms in total. The second-order valence-corrected chi connectivity index (χ2v) is 17.8. The van der Waals surface area contributed by atoms with Crippen LogP contribution in [0.1, 0.15) is 271 Å². The number of aliphatic hydroxyl groups excluding tert-OH is 3. The van der Waals surface area contributed by atoms with Crippen LogP contribution in [0, 0.1) is 0 Å². The van der Waals surface area contributed by atoms with Crippen LogP contribution in [-0.4, -0.2) is 46.1 Å². The minimum atomic E-state index is -0.957. The van der Waals surface area contributed by atoms with Crippen molar-refractivity contribution < 1.29 is 20.1 Å². The molecule has 1 amide bonds. The van der Waals surface area contributed by atoms with Gasteiger partial charge in [-0.15, -0.1) is 0 Å². The Morgan fingerprint density at radius 1 is 0.431 bits per heavy atom. The molecule has 0 saturated heterocycles. The van der Waals surface area contributed by atoms with Crippen LogP contribution >= 0.6 is 0 Å². The molecule has 0 fully saturated rings. The maximum Gasteiger partial charge on any atom is 0.222 e. The highest BCUT2D eigenvalue weighted by atomic mass is 16.3. The molecule has 0 aromatic heterocycles. The molecular weight excluding hydrogens is 715 g/mol. The summed E-state index contributed by atoms with van der Waals surface area (Å²) in [6.07, 6.45) is 62.0. The van der Waals surface area contributed by atoms with Gasteiger partial charge in [0.25, 0.3) is 0 Å². The highest BCUT2D eigenvalue weighted by molar-refractivity contribution is 5.76. The monoisotopic (exact) mass is 816 g/mol. The molecule has 0 aliphatic carbocycles. The summed E-state index contributed by atoms with van der Waals surface area (Å²) >= 11 is 0. The van der Waals surface area contributed by atoms with Crippen molar-refractivity contribution in [2.24, 2.45) is 0 Å². The molecule has 0 radical (unpaired) electrons. The number of nitrogens with one attached hydrogen (secondary N) is 1. The zero-order valence-corrected chi connectivity index (χ0v) is 38.9. The van der Waals surface area contributed by atoms with Gasteiger partial charge in [-0.25, -0.2) is 0 Å². The number of rotatable bonds is 47. The summed E-state index contributed by atoms with van der Waals surface area (Å²) in [5.41, 5.74) is 0. The Morgan fingerprint density at radius 2 is 0.741 bits per heavy atom. The third kappa shape index (κ3) is 44.1. The Balaban J connectivity index is 3.49. The summed E-state index contributed by atoms with van der Waals surface area (Å²) in [6.45, 7) is 4.16. The first-order valence-electron chi connectivity index (χ1n) is 25.8. The number of unbranched alkanes of at least 4 members (excludes halogenated alkanes) is 34. The van der Waals surface area contributed by atoms with Crippen molar-refractivity contribution in [1.82, 2.24) is 5.32 Å². The molecule has 342 valence electrons. The van der Waals surface area contributed by atoms with Gasteiger partial charge in [0.15, 0.2) is 0 Å². The van der Waals surface area contributed by atoms with E-state index in [1.54, 1.807) is 6.08 Å². The van der Waals surface area contributed by atoms with Crippen molar-refractivity contribution in [1.29, 1.82) is 0 Å². The molecular formula is C53H101NO4. The fourth-order valence-electron chi connectivity index (χ4n) is 7.95. The molecule has 0 heterocycles. The van der Waals surface area contributed by atoms with Crippen LogP contribution in [0.3, 0.4) is 0 Å². The summed E-state index contributed by atoms with van der Waals surface area (Å²) in [4.78, 5) is 12.4. The van der Waals surface area contributed by atoms with Gasteiger partial charge >= 0.3 is 0 Å². The molecule has 5 heteroatoms. The van der Waals surface area contributed by atoms with E-state index in [9.17, 15) is 20.1 Å². The summed E-state index contributed by atoms with van der Waals surface area (Å²) < 4.78 is 0. The topological polar surface area (TPSA) is 89.8 Å². The molecule has 3 unspecified atom stereocenters. The third-order valence-electron chi connectivity index (χ3n) is 11.9. The van der Waals surface area contributed by atoms with Gasteiger partial charge in [-0.3, -0.25) is 4.79 Å². The normalized spacial score (nSPS) is 13.7. The maximum atomic E-state index is 12.4. The van der Waals surface area contributed by atoms with Gasteiger partial charge < -0.3 is 20.6 Å². The second-order valence-electron chi connectivity index (χ2n) is 17.8. The van der Waals surface area contributed by atoms with Crippen molar-refractivity contribution >= 4 is 5.91 Å². The molecule has 0 rings (SSSR count). The van der Waals surface area contributed by atoms with Crippen molar-refractivity contribution in [2.45, 2.75) is 289 Å². The number of amides is 1. The Labute approximate surface area is 362 Å². The SMILES string of the molecule is CCCC/C=C/CC/C=C/CC/C=C/C(O)C(CO)NC(=O)CC(O)CCCCCCCCCCCCCCCCCCCCCCCCCCCCCCCCC. The average Bonchev–Trinajstić information content (AvgIpc) is 3.22. The number of carbonyl (C=O) groups excluding carboxylic acids is 1. The number of allylic oxidation sites excluding steroid dienone is 5. The van der Waals surface area contributed by atoms with Gasteiger partial charge in [-0.05, 0) is 38.5 Å². The Bertz CT molecular complexity index is 901. The van der Waals surface area contributed by atoms with E-state index in [1.807, 2.05) is 6.08 Å². The van der Waals surface area contributed by atoms with Crippen molar-refractivity contribution in [3.8, 4) is 0 Å². The summed E-state index contributed by atoms with van der Waals surface area (Å²) in [7, 11) is 0. The molecule has 0 saturated carbocycles. The molecule has 0 aromatic rings. The van der Waals surface area contributed by atoms with Gasteiger partial charge in [0.2, 0.25) is 5.91 Å². The van der Waals surface area contributed by atoms with Gasteiger partial charge in [-0.1, -0.05) is 262 Å². The predicted octanol–water partition coefficient (Wildman–Crippen LogP) is 15.5. The van der Waals surface area contributed by atoms with Gasteiger partial charge in [-0.2, -0.15) is 0 Å². The van der Waals surface area contributed by atoms with Crippen LogP contribution in [0.5, 0.6) is 0 Å². The standard InChI is InChI=1S/C53H101NO4/c1-3-5-7-9-11-13-15-17-18-19-20-21-22-23-24-25-26-27-28-29-30-31-32-33-34-35-36-38-40-42-44-46-50(56)48-53(58)54-51(49-55)52(57)47-45-43-41-39-37-16-14-12-10-8-6-4-2/h10,12,37,39,45,47,50-52,55-57H,3-9,11,13-36,38,40-44,46,48-49H2,1-2H3,(H,54,58)/b12-10+,39-37+,47-45+. The quantitative estimate of drug-likeness (QED) is 0.0364. The number of aliphatic hydroxyl groups is 3. The van der Waals surface area contributed by atoms with Crippen molar-refractivity contribution in [3.63, 3.8) is 0 Å². The molecule has 0 bridgehead atoms. The number of hydrogen-bond acceptors (Lipinski definition) is 4. The highest BCUT2D eigenvalue weighted by Crippen LogP contribution is 2.17. The summed E-state index contributed by atoms with van der Waals surface area (Å²) in [6, 6.07) is -0.765. The molecule has 0 aromatic carbocycles. The second kappa shape index (κ2) is 48.2. The molecule has 58 heavy (non-hydrogen) atoms. The van der Waals surface area contributed by atoms with E-state index < -0.39 is 18.2 Å². The van der Waals surface area contributed by atoms with Crippen LogP contribution in [0.4, 0.5) is 0 Å². The Hall–Kier alpha value is -1.43. The lowest BCUT2D eigenvalue weighted by molar-refractivity contribution is -0.124. The van der Waals surface area contributed by atoms with E-state index in [0.29, 0.717) is 6.42 Å². The molecule has 0 aliphatic rings. The van der Waals surface area contributed by atoms with Crippen LogP contribution < -0.4 is 5.32 Å². The first kappa shape index (κ1) is 56.6. The lowest BCUT2D eigenvalue weighted by atomic mass is 10.0. The summed E-state index contributed by atoms with van der Waals surface area (Å²) in [5.74, 6) is -0.327. The molecule has 4 N–H and O–H groups in total. The molecule has 0 spiro atoms. The first-order chi connectivity index (χ1) is 28.5. The summed E-state index contributed by atoms with van der Waals surface area (Å²) in [5, 5.41) is 33.2. The first-order valence-corrected chi connectivity index (χ1v) is 25.8. The maximum absolute atomic E-state index is 12.4. The Morgan fingerprint density at radius 3 is 1.09 bits per heavy atom. The minimum absolute atomic E-state index is 0.00507. The van der Waals surface area contributed by atoms with E-state index in [4.69, 9.17) is 0 Å². The third-order valence-corrected chi connectivity index (χ3v) is 11.9. The zero-order chi connectivity index (χ0) is 42.3. The van der Waals surface area contributed by atoms with Crippen molar-refractivity contribution in [3.05, 3.63) is 36.5 Å². The van der Waals surface area contributed by atoms with Gasteiger partial charge in [0, 0.05) is 0 Å². The zero-order valence-electron chi connectivity index (χ0n) is 38.9. The largest absolute Gasteiger partial charge is 0.394 e. The van der Waals surface area contributed by atoms with Crippen LogP contribution in [-0.2, 0) is 4.79 Å². The molecule has 3 atom stereocenters. The predicted molar refractivity (Wildman–Crippen MR) is 254 cm³/mol. The van der Waals surface area contributed by atoms with Crippen LogP contribution in [0.15, 0.2) is 36.5 Å². The minimum Gasteiger partial charge on any atom is -0.394 e. The number of carbonyl (C=O) groups is 1. The molecule has 0 aliphatic heterocycles. The van der Waals surface area contributed by atoms with Gasteiger partial charge in [0.05, 0.1) is 31.3 Å². The highest BCUT2D eigenvalue weighted by Gasteiger charge is 2.20. The van der Waals surface area contributed by atoms with Crippen LogP contribution in [0.2, 0.25) is 0 Å². The van der Waals surface area contributed by atoms with E-state index in [2.05, 4.69) is 43.5 Å². The van der Waals surface area contributed by atoms with E-state index >= 15 is 0 Å². The fraction of sp³-hybridized carbons (Fsp3) is 0.868. The smallest absolute Gasteiger partial charge is 0.222 e. The van der Waals surface area contributed by atoms with E-state index in [0.717, 1.165) is 38.5 Å². The average molecular weight is 816 g/mol. The van der Waals surface area contributed by atoms with E-state index in [-0.39, 0.29) is 18.9 Å². The van der Waals surface area contributed by atoms with E-state index in [1.165, 1.54) is 205 Å².